The van der Waals surface area contributed by atoms with Crippen molar-refractivity contribution < 1.29 is 9.50 Å². The van der Waals surface area contributed by atoms with Crippen LogP contribution in [0.4, 0.5) is 10.1 Å². The molecule has 0 aliphatic rings. The average Bonchev–Trinajstić information content (AvgIpc) is 2.27. The molecule has 0 unspecified atom stereocenters. The minimum Gasteiger partial charge on any atom is -0.396 e. The Bertz CT molecular complexity index is 424. The van der Waals surface area contributed by atoms with E-state index in [4.69, 9.17) is 10.4 Å². The molecule has 1 aromatic carbocycles. The summed E-state index contributed by atoms with van der Waals surface area (Å²) in [5.74, 6) is -0.427. The molecule has 0 aliphatic carbocycles. The Labute approximate surface area is 101 Å². The van der Waals surface area contributed by atoms with Gasteiger partial charge in [0.2, 0.25) is 0 Å². The van der Waals surface area contributed by atoms with Gasteiger partial charge in [0.05, 0.1) is 17.3 Å². The molecule has 0 atom stereocenters. The second-order valence-electron chi connectivity index (χ2n) is 4.80. The Morgan fingerprint density at radius 1 is 1.47 bits per heavy atom. The molecular weight excluding hydrogens is 219 g/mol. The van der Waals surface area contributed by atoms with Gasteiger partial charge in [-0.05, 0) is 30.0 Å². The van der Waals surface area contributed by atoms with E-state index >= 15 is 0 Å². The molecule has 4 heteroatoms. The minimum atomic E-state index is -0.427. The summed E-state index contributed by atoms with van der Waals surface area (Å²) in [4.78, 5) is 0. The van der Waals surface area contributed by atoms with E-state index < -0.39 is 5.82 Å². The van der Waals surface area contributed by atoms with Gasteiger partial charge in [0.25, 0.3) is 0 Å². The van der Waals surface area contributed by atoms with Crippen molar-refractivity contribution in [3.05, 3.63) is 29.6 Å². The van der Waals surface area contributed by atoms with Crippen LogP contribution < -0.4 is 5.32 Å². The summed E-state index contributed by atoms with van der Waals surface area (Å²) in [6, 6.07) is 6.23. The molecular formula is C13H17FN2O. The maximum absolute atomic E-state index is 13.5. The quantitative estimate of drug-likeness (QED) is 0.826. The molecule has 0 aliphatic heterocycles. The SMILES string of the molecule is CC(C)(CCO)CNc1ccc(C#N)cc1F. The normalized spacial score (nSPS) is 11.0. The molecule has 1 aromatic rings. The van der Waals surface area contributed by atoms with E-state index in [-0.39, 0.29) is 12.0 Å². The third kappa shape index (κ3) is 4.04. The van der Waals surface area contributed by atoms with E-state index in [0.29, 0.717) is 24.2 Å². The summed E-state index contributed by atoms with van der Waals surface area (Å²) in [7, 11) is 0. The average molecular weight is 236 g/mol. The van der Waals surface area contributed by atoms with Gasteiger partial charge in [0.1, 0.15) is 5.82 Å². The third-order valence-electron chi connectivity index (χ3n) is 2.64. The van der Waals surface area contributed by atoms with Crippen molar-refractivity contribution in [3.8, 4) is 6.07 Å². The first kappa shape index (κ1) is 13.5. The largest absolute Gasteiger partial charge is 0.396 e. The summed E-state index contributed by atoms with van der Waals surface area (Å²) < 4.78 is 13.5. The monoisotopic (exact) mass is 236 g/mol. The number of hydrogen-bond acceptors (Lipinski definition) is 3. The highest BCUT2D eigenvalue weighted by Gasteiger charge is 2.17. The van der Waals surface area contributed by atoms with Crippen molar-refractivity contribution in [1.82, 2.24) is 0 Å². The molecule has 1 rings (SSSR count). The second kappa shape index (κ2) is 5.65. The second-order valence-corrected chi connectivity index (χ2v) is 4.80. The first-order chi connectivity index (χ1) is 7.98. The van der Waals surface area contributed by atoms with E-state index in [0.717, 1.165) is 0 Å². The highest BCUT2D eigenvalue weighted by Crippen LogP contribution is 2.22. The third-order valence-corrected chi connectivity index (χ3v) is 2.64. The van der Waals surface area contributed by atoms with Crippen LogP contribution in [0.2, 0.25) is 0 Å². The van der Waals surface area contributed by atoms with Crippen molar-refractivity contribution in [3.63, 3.8) is 0 Å². The summed E-state index contributed by atoms with van der Waals surface area (Å²) in [5.41, 5.74) is 0.590. The Kier molecular flexibility index (Phi) is 4.47. The number of halogens is 1. The first-order valence-electron chi connectivity index (χ1n) is 5.53. The fourth-order valence-electron chi connectivity index (χ4n) is 1.45. The molecule has 0 heterocycles. The fraction of sp³-hybridized carbons (Fsp3) is 0.462. The summed E-state index contributed by atoms with van der Waals surface area (Å²) >= 11 is 0. The van der Waals surface area contributed by atoms with Gasteiger partial charge < -0.3 is 10.4 Å². The van der Waals surface area contributed by atoms with Crippen LogP contribution in [0, 0.1) is 22.6 Å². The Morgan fingerprint density at radius 2 is 2.18 bits per heavy atom. The topological polar surface area (TPSA) is 56.0 Å². The van der Waals surface area contributed by atoms with Gasteiger partial charge in [-0.15, -0.1) is 0 Å². The number of nitrogens with zero attached hydrogens (tertiary/aromatic N) is 1. The molecule has 0 amide bonds. The molecule has 0 bridgehead atoms. The van der Waals surface area contributed by atoms with Crippen molar-refractivity contribution in [1.29, 1.82) is 5.26 Å². The maximum Gasteiger partial charge on any atom is 0.147 e. The lowest BCUT2D eigenvalue weighted by Gasteiger charge is -2.24. The van der Waals surface area contributed by atoms with Crippen LogP contribution in [0.25, 0.3) is 0 Å². The number of benzene rings is 1. The lowest BCUT2D eigenvalue weighted by Crippen LogP contribution is -2.24. The molecule has 92 valence electrons. The van der Waals surface area contributed by atoms with Gasteiger partial charge in [-0.3, -0.25) is 0 Å². The number of nitrogens with one attached hydrogen (secondary N) is 1. The van der Waals surface area contributed by atoms with Crippen LogP contribution >= 0.6 is 0 Å². The van der Waals surface area contributed by atoms with Gasteiger partial charge in [-0.2, -0.15) is 5.26 Å². The predicted octanol–water partition coefficient (Wildman–Crippen LogP) is 2.52. The first-order valence-corrected chi connectivity index (χ1v) is 5.53. The number of aliphatic hydroxyl groups excluding tert-OH is 1. The zero-order valence-corrected chi connectivity index (χ0v) is 10.1. The van der Waals surface area contributed by atoms with Crippen molar-refractivity contribution in [2.45, 2.75) is 20.3 Å². The number of anilines is 1. The molecule has 0 saturated carbocycles. The van der Waals surface area contributed by atoms with Crippen LogP contribution in [0.1, 0.15) is 25.8 Å². The summed E-state index contributed by atoms with van der Waals surface area (Å²) in [6.07, 6.45) is 0.651. The van der Waals surface area contributed by atoms with Crippen LogP contribution in [-0.2, 0) is 0 Å². The van der Waals surface area contributed by atoms with Crippen LogP contribution in [0.3, 0.4) is 0 Å². The zero-order valence-electron chi connectivity index (χ0n) is 10.1. The number of aliphatic hydroxyl groups is 1. The standard InChI is InChI=1S/C13H17FN2O/c1-13(2,5-6-17)9-16-12-4-3-10(8-15)7-11(12)14/h3-4,7,16-17H,5-6,9H2,1-2H3. The highest BCUT2D eigenvalue weighted by molar-refractivity contribution is 5.48. The van der Waals surface area contributed by atoms with Gasteiger partial charge in [-0.25, -0.2) is 4.39 Å². The fourth-order valence-corrected chi connectivity index (χ4v) is 1.45. The van der Waals surface area contributed by atoms with Gasteiger partial charge >= 0.3 is 0 Å². The molecule has 0 radical (unpaired) electrons. The lowest BCUT2D eigenvalue weighted by atomic mass is 9.89. The number of hydrogen-bond donors (Lipinski definition) is 2. The number of rotatable bonds is 5. The van der Waals surface area contributed by atoms with Crippen LogP contribution in [-0.4, -0.2) is 18.3 Å². The van der Waals surface area contributed by atoms with Crippen molar-refractivity contribution in [2.24, 2.45) is 5.41 Å². The lowest BCUT2D eigenvalue weighted by molar-refractivity contribution is 0.220. The number of nitriles is 1. The van der Waals surface area contributed by atoms with Crippen molar-refractivity contribution >= 4 is 5.69 Å². The predicted molar refractivity (Wildman–Crippen MR) is 65.1 cm³/mol. The molecule has 2 N–H and O–H groups in total. The molecule has 0 aromatic heterocycles. The summed E-state index contributed by atoms with van der Waals surface area (Å²) in [6.45, 7) is 4.68. The van der Waals surface area contributed by atoms with E-state index in [2.05, 4.69) is 5.32 Å². The zero-order chi connectivity index (χ0) is 12.9. The van der Waals surface area contributed by atoms with Gasteiger partial charge in [-0.1, -0.05) is 13.8 Å². The van der Waals surface area contributed by atoms with Gasteiger partial charge in [0, 0.05) is 13.2 Å². The smallest absolute Gasteiger partial charge is 0.147 e. The highest BCUT2D eigenvalue weighted by atomic mass is 19.1. The van der Waals surface area contributed by atoms with Crippen LogP contribution in [0.5, 0.6) is 0 Å². The van der Waals surface area contributed by atoms with Crippen molar-refractivity contribution in [2.75, 3.05) is 18.5 Å². The van der Waals surface area contributed by atoms with E-state index in [1.807, 2.05) is 19.9 Å². The molecule has 3 nitrogen and oxygen atoms in total. The molecule has 17 heavy (non-hydrogen) atoms. The molecule has 0 saturated heterocycles. The Hall–Kier alpha value is -1.60. The summed E-state index contributed by atoms with van der Waals surface area (Å²) in [5, 5.41) is 20.5. The van der Waals surface area contributed by atoms with Gasteiger partial charge in [0.15, 0.2) is 0 Å². The molecule has 0 fully saturated rings. The minimum absolute atomic E-state index is 0.102. The Balaban J connectivity index is 2.67. The van der Waals surface area contributed by atoms with E-state index in [9.17, 15) is 4.39 Å². The van der Waals surface area contributed by atoms with E-state index in [1.165, 1.54) is 6.07 Å². The van der Waals surface area contributed by atoms with Crippen LogP contribution in [0.15, 0.2) is 18.2 Å². The van der Waals surface area contributed by atoms with E-state index in [1.54, 1.807) is 12.1 Å². The Morgan fingerprint density at radius 3 is 2.71 bits per heavy atom. The maximum atomic E-state index is 13.5. The molecule has 0 spiro atoms.